The largest absolute Gasteiger partial charge is 0.383 e. The fraction of sp³-hybridized carbons (Fsp3) is 0.385. The van der Waals surface area contributed by atoms with Gasteiger partial charge in [-0.3, -0.25) is 14.3 Å². The van der Waals surface area contributed by atoms with Crippen molar-refractivity contribution in [2.45, 2.75) is 44.7 Å². The minimum Gasteiger partial charge on any atom is -0.383 e. The molecule has 1 saturated heterocycles. The number of rotatable bonds is 5. The summed E-state index contributed by atoms with van der Waals surface area (Å²) in [5.41, 5.74) is 14.6. The van der Waals surface area contributed by atoms with Crippen LogP contribution in [0.5, 0.6) is 0 Å². The van der Waals surface area contributed by atoms with Crippen LogP contribution in [-0.4, -0.2) is 49.4 Å². The van der Waals surface area contributed by atoms with E-state index in [1.165, 1.54) is 0 Å². The van der Waals surface area contributed by atoms with Gasteiger partial charge in [0.05, 0.1) is 18.8 Å². The minimum atomic E-state index is -0.625. The lowest BCUT2D eigenvalue weighted by Crippen LogP contribution is -2.31. The summed E-state index contributed by atoms with van der Waals surface area (Å²) in [4.78, 5) is 26.6. The number of nitrogens with two attached hydrogens (primary N) is 2. The summed E-state index contributed by atoms with van der Waals surface area (Å²) >= 11 is 0. The van der Waals surface area contributed by atoms with Crippen molar-refractivity contribution in [3.05, 3.63) is 53.9 Å². The highest BCUT2D eigenvalue weighted by atomic mass is 16.2. The maximum Gasteiger partial charge on any atom is 0.298 e. The molecule has 0 spiro atoms. The third-order valence-corrected chi connectivity index (χ3v) is 6.58. The molecule has 1 saturated carbocycles. The average molecular weight is 472 g/mol. The molecule has 2 amide bonds. The molecule has 3 heterocycles. The van der Waals surface area contributed by atoms with E-state index in [4.69, 9.17) is 16.6 Å². The molecule has 9 heteroatoms. The summed E-state index contributed by atoms with van der Waals surface area (Å²) in [6.07, 6.45) is 7.97. The highest BCUT2D eigenvalue weighted by Crippen LogP contribution is 2.32. The second kappa shape index (κ2) is 9.66. The van der Waals surface area contributed by atoms with Crippen molar-refractivity contribution in [1.82, 2.24) is 24.5 Å². The normalized spacial score (nSPS) is 17.9. The molecule has 9 nitrogen and oxygen atoms in total. The van der Waals surface area contributed by atoms with E-state index in [0.29, 0.717) is 43.2 Å². The molecule has 0 unspecified atom stereocenters. The Hall–Kier alpha value is -4.06. The number of nitrogen functional groups attached to an aromatic ring is 1. The van der Waals surface area contributed by atoms with E-state index in [-0.39, 0.29) is 23.3 Å². The van der Waals surface area contributed by atoms with Gasteiger partial charge in [0.15, 0.2) is 0 Å². The molecule has 1 aliphatic heterocycles. The first-order valence-electron chi connectivity index (χ1n) is 12.0. The molecule has 2 aromatic heterocycles. The Balaban J connectivity index is 1.36. The van der Waals surface area contributed by atoms with Crippen LogP contribution in [0.3, 0.4) is 0 Å². The number of hydrogen-bond acceptors (Lipinski definition) is 5. The fourth-order valence-corrected chi connectivity index (χ4v) is 4.51. The fourth-order valence-electron chi connectivity index (χ4n) is 4.51. The van der Waals surface area contributed by atoms with Gasteiger partial charge in [-0.05, 0) is 43.6 Å². The van der Waals surface area contributed by atoms with Gasteiger partial charge >= 0.3 is 0 Å². The van der Waals surface area contributed by atoms with E-state index in [0.717, 1.165) is 31.2 Å². The van der Waals surface area contributed by atoms with E-state index in [2.05, 4.69) is 16.9 Å². The quantitative estimate of drug-likeness (QED) is 0.553. The molecular weight excluding hydrogens is 442 g/mol. The molecule has 3 aromatic rings. The van der Waals surface area contributed by atoms with Gasteiger partial charge in [0.25, 0.3) is 11.8 Å². The lowest BCUT2D eigenvalue weighted by Gasteiger charge is -2.18. The molecule has 5 rings (SSSR count). The zero-order chi connectivity index (χ0) is 24.4. The first kappa shape index (κ1) is 22.7. The van der Waals surface area contributed by atoms with Gasteiger partial charge in [0.2, 0.25) is 0 Å². The molecule has 4 N–H and O–H groups in total. The van der Waals surface area contributed by atoms with Crippen molar-refractivity contribution in [2.24, 2.45) is 11.7 Å². The van der Waals surface area contributed by atoms with Crippen molar-refractivity contribution >= 4 is 17.6 Å². The monoisotopic (exact) mass is 471 g/mol. The molecule has 1 aliphatic carbocycles. The summed E-state index contributed by atoms with van der Waals surface area (Å²) in [5, 5.41) is 9.17. The van der Waals surface area contributed by atoms with Crippen molar-refractivity contribution in [1.29, 1.82) is 0 Å². The molecule has 35 heavy (non-hydrogen) atoms. The van der Waals surface area contributed by atoms with Gasteiger partial charge in [-0.25, -0.2) is 4.68 Å². The maximum atomic E-state index is 12.5. The molecule has 0 radical (unpaired) electrons. The first-order chi connectivity index (χ1) is 17.0. The molecule has 2 fully saturated rings. The van der Waals surface area contributed by atoms with Crippen LogP contribution < -0.4 is 11.5 Å². The Morgan fingerprint density at radius 3 is 2.63 bits per heavy atom. The number of carbonyl (C=O) groups is 2. The van der Waals surface area contributed by atoms with Crippen LogP contribution in [0.25, 0.3) is 11.3 Å². The molecule has 0 bridgehead atoms. The first-order valence-corrected chi connectivity index (χ1v) is 12.0. The average Bonchev–Trinajstić information content (AvgIpc) is 3.54. The van der Waals surface area contributed by atoms with Gasteiger partial charge in [-0.2, -0.15) is 10.2 Å². The Bertz CT molecular complexity index is 1290. The minimum absolute atomic E-state index is 0.0459. The van der Waals surface area contributed by atoms with Crippen molar-refractivity contribution in [3.8, 4) is 23.1 Å². The Morgan fingerprint density at radius 1 is 1.09 bits per heavy atom. The highest BCUT2D eigenvalue weighted by Gasteiger charge is 2.28. The van der Waals surface area contributed by atoms with Gasteiger partial charge < -0.3 is 16.4 Å². The summed E-state index contributed by atoms with van der Waals surface area (Å²) < 4.78 is 3.50. The van der Waals surface area contributed by atoms with Crippen molar-refractivity contribution in [3.63, 3.8) is 0 Å². The highest BCUT2D eigenvalue weighted by molar-refractivity contribution is 6.03. The van der Waals surface area contributed by atoms with Crippen LogP contribution in [0.1, 0.15) is 54.1 Å². The topological polar surface area (TPSA) is 125 Å². The standard InChI is InChI=1S/C26H29N7O2/c27-25-23(26(28)35)24(20-15-29-32(17-20)16-19-5-2-1-3-6-19)30-33(25)21-7-4-13-31(14-12-21)22(34)11-10-18-8-9-18/h1-3,5-6,15,17-18,21H,4,7-9,12-14,16,27H2,(H2,28,35)/t21-/m0/s1. The van der Waals surface area contributed by atoms with Crippen LogP contribution in [-0.2, 0) is 11.3 Å². The van der Waals surface area contributed by atoms with Gasteiger partial charge in [0, 0.05) is 30.8 Å². The lowest BCUT2D eigenvalue weighted by molar-refractivity contribution is -0.125. The zero-order valence-corrected chi connectivity index (χ0v) is 19.6. The molecule has 180 valence electrons. The number of benzene rings is 1. The predicted molar refractivity (Wildman–Crippen MR) is 132 cm³/mol. The third-order valence-electron chi connectivity index (χ3n) is 6.58. The smallest absolute Gasteiger partial charge is 0.298 e. The van der Waals surface area contributed by atoms with Gasteiger partial charge in [-0.15, -0.1) is 0 Å². The third kappa shape index (κ3) is 5.06. The second-order valence-corrected chi connectivity index (χ2v) is 9.25. The van der Waals surface area contributed by atoms with Crippen LogP contribution in [0, 0.1) is 17.8 Å². The Labute approximate surface area is 204 Å². The Morgan fingerprint density at radius 2 is 1.89 bits per heavy atom. The number of amides is 2. The Kier molecular flexibility index (Phi) is 6.27. The lowest BCUT2D eigenvalue weighted by atomic mass is 10.1. The number of carbonyl (C=O) groups excluding carboxylic acids is 2. The predicted octanol–water partition coefficient (Wildman–Crippen LogP) is 2.44. The van der Waals surface area contributed by atoms with E-state index in [9.17, 15) is 9.59 Å². The van der Waals surface area contributed by atoms with Crippen molar-refractivity contribution in [2.75, 3.05) is 18.8 Å². The van der Waals surface area contributed by atoms with Gasteiger partial charge in [-0.1, -0.05) is 36.3 Å². The van der Waals surface area contributed by atoms with Crippen LogP contribution >= 0.6 is 0 Å². The number of primary amides is 1. The molecule has 1 aromatic carbocycles. The number of aromatic nitrogens is 4. The molecular formula is C26H29N7O2. The molecule has 2 aliphatic rings. The van der Waals surface area contributed by atoms with E-state index >= 15 is 0 Å². The summed E-state index contributed by atoms with van der Waals surface area (Å²) in [5.74, 6) is 5.75. The van der Waals surface area contributed by atoms with Crippen LogP contribution in [0.15, 0.2) is 42.7 Å². The zero-order valence-electron chi connectivity index (χ0n) is 19.6. The number of anilines is 1. The summed E-state index contributed by atoms with van der Waals surface area (Å²) in [7, 11) is 0. The second-order valence-electron chi connectivity index (χ2n) is 9.25. The van der Waals surface area contributed by atoms with Crippen LogP contribution in [0.2, 0.25) is 0 Å². The summed E-state index contributed by atoms with van der Waals surface area (Å²) in [6, 6.07) is 9.94. The number of likely N-dealkylation sites (tertiary alicyclic amines) is 1. The van der Waals surface area contributed by atoms with E-state index < -0.39 is 5.91 Å². The van der Waals surface area contributed by atoms with Gasteiger partial charge in [0.1, 0.15) is 17.1 Å². The van der Waals surface area contributed by atoms with Crippen molar-refractivity contribution < 1.29 is 9.59 Å². The van der Waals surface area contributed by atoms with E-state index in [1.54, 1.807) is 20.5 Å². The number of nitrogens with zero attached hydrogens (tertiary/aromatic N) is 5. The SMILES string of the molecule is NC(=O)c1c(-c2cnn(Cc3ccccc3)c2)nn([C@H]2CCCN(C(=O)C#CC3CC3)CC2)c1N. The maximum absolute atomic E-state index is 12.5. The summed E-state index contributed by atoms with van der Waals surface area (Å²) in [6.45, 7) is 1.81. The van der Waals surface area contributed by atoms with Crippen LogP contribution in [0.4, 0.5) is 5.82 Å². The number of hydrogen-bond donors (Lipinski definition) is 2. The van der Waals surface area contributed by atoms with E-state index in [1.807, 2.05) is 36.5 Å². The molecule has 1 atom stereocenters.